The smallest absolute Gasteiger partial charge is 0.321 e. The van der Waals surface area contributed by atoms with Crippen molar-refractivity contribution in [1.82, 2.24) is 4.90 Å². The molecule has 0 saturated carbocycles. The van der Waals surface area contributed by atoms with Gasteiger partial charge in [-0.3, -0.25) is 4.79 Å². The van der Waals surface area contributed by atoms with Crippen LogP contribution in [0.2, 0.25) is 0 Å². The summed E-state index contributed by atoms with van der Waals surface area (Å²) in [5.41, 5.74) is 1.61. The first kappa shape index (κ1) is 15.8. The molecule has 2 N–H and O–H groups in total. The average Bonchev–Trinajstić information content (AvgIpc) is 2.40. The molecule has 6 heteroatoms. The molecule has 1 aromatic rings. The van der Waals surface area contributed by atoms with Crippen LogP contribution in [0.25, 0.3) is 0 Å². The van der Waals surface area contributed by atoms with E-state index in [1.165, 1.54) is 4.90 Å². The minimum Gasteiger partial charge on any atom is -0.497 e. The lowest BCUT2D eigenvalue weighted by Crippen LogP contribution is -2.32. The van der Waals surface area contributed by atoms with Crippen LogP contribution in [0.3, 0.4) is 0 Å². The Labute approximate surface area is 118 Å². The maximum Gasteiger partial charge on any atom is 0.321 e. The van der Waals surface area contributed by atoms with Gasteiger partial charge in [0.2, 0.25) is 0 Å². The molecule has 2 amide bonds. The Morgan fingerprint density at radius 3 is 2.65 bits per heavy atom. The molecule has 0 aliphatic rings. The second-order valence-corrected chi connectivity index (χ2v) is 4.53. The Hall–Kier alpha value is -2.24. The Morgan fingerprint density at radius 2 is 2.10 bits per heavy atom. The summed E-state index contributed by atoms with van der Waals surface area (Å²) in [6, 6.07) is 5.12. The molecule has 0 aliphatic carbocycles. The lowest BCUT2D eigenvalue weighted by molar-refractivity contribution is -0.137. The number of hydrogen-bond donors (Lipinski definition) is 2. The summed E-state index contributed by atoms with van der Waals surface area (Å²) >= 11 is 0. The van der Waals surface area contributed by atoms with E-state index in [2.05, 4.69) is 5.32 Å². The molecular weight excluding hydrogens is 260 g/mol. The molecule has 0 radical (unpaired) electrons. The van der Waals surface area contributed by atoms with Crippen LogP contribution in [0.15, 0.2) is 18.2 Å². The SMILES string of the molecule is COc1ccc(NC(=O)N(C)CCCC(=O)O)c(C)c1. The summed E-state index contributed by atoms with van der Waals surface area (Å²) in [6.07, 6.45) is 0.486. The maximum atomic E-state index is 11.9. The van der Waals surface area contributed by atoms with Crippen molar-refractivity contribution in [2.24, 2.45) is 0 Å². The summed E-state index contributed by atoms with van der Waals surface area (Å²) in [5, 5.41) is 11.3. The zero-order valence-electron chi connectivity index (χ0n) is 12.0. The highest BCUT2D eigenvalue weighted by Gasteiger charge is 2.10. The number of aryl methyl sites for hydroxylation is 1. The van der Waals surface area contributed by atoms with Gasteiger partial charge in [-0.1, -0.05) is 0 Å². The van der Waals surface area contributed by atoms with Crippen molar-refractivity contribution in [3.63, 3.8) is 0 Å². The van der Waals surface area contributed by atoms with Crippen LogP contribution in [0.4, 0.5) is 10.5 Å². The van der Waals surface area contributed by atoms with Crippen molar-refractivity contribution in [2.45, 2.75) is 19.8 Å². The van der Waals surface area contributed by atoms with Crippen molar-refractivity contribution >= 4 is 17.7 Å². The normalized spacial score (nSPS) is 9.95. The fourth-order valence-corrected chi connectivity index (χ4v) is 1.68. The number of amides is 2. The van der Waals surface area contributed by atoms with Crippen molar-refractivity contribution in [3.8, 4) is 5.75 Å². The molecule has 1 aromatic carbocycles. The van der Waals surface area contributed by atoms with E-state index < -0.39 is 5.97 Å². The lowest BCUT2D eigenvalue weighted by Gasteiger charge is -2.18. The largest absolute Gasteiger partial charge is 0.497 e. The quantitative estimate of drug-likeness (QED) is 0.838. The highest BCUT2D eigenvalue weighted by atomic mass is 16.5. The number of carbonyl (C=O) groups excluding carboxylic acids is 1. The van der Waals surface area contributed by atoms with E-state index in [0.29, 0.717) is 18.7 Å². The van der Waals surface area contributed by atoms with Crippen molar-refractivity contribution in [2.75, 3.05) is 26.0 Å². The summed E-state index contributed by atoms with van der Waals surface area (Å²) in [6.45, 7) is 2.27. The molecule has 0 unspecified atom stereocenters. The van der Waals surface area contributed by atoms with Gasteiger partial charge in [0.15, 0.2) is 0 Å². The first-order valence-corrected chi connectivity index (χ1v) is 6.32. The standard InChI is InChI=1S/C14H20N2O4/c1-10-9-11(20-3)6-7-12(10)15-14(19)16(2)8-4-5-13(17)18/h6-7,9H,4-5,8H2,1-3H3,(H,15,19)(H,17,18). The van der Waals surface area contributed by atoms with Crippen LogP contribution in [-0.4, -0.2) is 42.7 Å². The molecule has 0 heterocycles. The third kappa shape index (κ3) is 4.79. The monoisotopic (exact) mass is 280 g/mol. The van der Waals surface area contributed by atoms with Crippen molar-refractivity contribution in [3.05, 3.63) is 23.8 Å². The maximum absolute atomic E-state index is 11.9. The first-order chi connectivity index (χ1) is 9.43. The van der Waals surface area contributed by atoms with E-state index >= 15 is 0 Å². The number of methoxy groups -OCH3 is 1. The number of urea groups is 1. The van der Waals surface area contributed by atoms with Gasteiger partial charge in [0, 0.05) is 25.7 Å². The topological polar surface area (TPSA) is 78.9 Å². The molecule has 0 fully saturated rings. The van der Waals surface area contributed by atoms with E-state index in [4.69, 9.17) is 9.84 Å². The van der Waals surface area contributed by atoms with Gasteiger partial charge >= 0.3 is 12.0 Å². The van der Waals surface area contributed by atoms with Crippen LogP contribution in [0.5, 0.6) is 5.75 Å². The summed E-state index contributed by atoms with van der Waals surface area (Å²) < 4.78 is 5.10. The molecule has 0 saturated heterocycles. The predicted molar refractivity (Wildman–Crippen MR) is 76.2 cm³/mol. The number of carboxylic acid groups (broad SMARTS) is 1. The molecule has 0 atom stereocenters. The van der Waals surface area contributed by atoms with Gasteiger partial charge in [-0.2, -0.15) is 0 Å². The molecule has 0 bridgehead atoms. The van der Waals surface area contributed by atoms with Gasteiger partial charge < -0.3 is 20.1 Å². The lowest BCUT2D eigenvalue weighted by atomic mass is 10.2. The van der Waals surface area contributed by atoms with E-state index in [9.17, 15) is 9.59 Å². The summed E-state index contributed by atoms with van der Waals surface area (Å²) in [7, 11) is 3.22. The van der Waals surface area contributed by atoms with Crippen LogP contribution in [0, 0.1) is 6.92 Å². The van der Waals surface area contributed by atoms with Gasteiger partial charge in [0.05, 0.1) is 7.11 Å². The third-order valence-corrected chi connectivity index (χ3v) is 2.91. The number of ether oxygens (including phenoxy) is 1. The Balaban J connectivity index is 2.54. The van der Waals surface area contributed by atoms with E-state index in [-0.39, 0.29) is 12.5 Å². The van der Waals surface area contributed by atoms with E-state index in [1.807, 2.05) is 13.0 Å². The van der Waals surface area contributed by atoms with Crippen LogP contribution < -0.4 is 10.1 Å². The molecule has 0 aliphatic heterocycles. The number of anilines is 1. The second-order valence-electron chi connectivity index (χ2n) is 4.53. The van der Waals surface area contributed by atoms with Crippen LogP contribution in [0.1, 0.15) is 18.4 Å². The zero-order valence-corrected chi connectivity index (χ0v) is 12.0. The fourth-order valence-electron chi connectivity index (χ4n) is 1.68. The minimum absolute atomic E-state index is 0.0547. The number of nitrogens with one attached hydrogen (secondary N) is 1. The fraction of sp³-hybridized carbons (Fsp3) is 0.429. The number of rotatable bonds is 6. The van der Waals surface area contributed by atoms with Gasteiger partial charge in [-0.25, -0.2) is 4.79 Å². The highest BCUT2D eigenvalue weighted by Crippen LogP contribution is 2.21. The van der Waals surface area contributed by atoms with E-state index in [0.717, 1.165) is 11.3 Å². The molecule has 6 nitrogen and oxygen atoms in total. The highest BCUT2D eigenvalue weighted by molar-refractivity contribution is 5.90. The Kier molecular flexibility index (Phi) is 5.83. The average molecular weight is 280 g/mol. The number of benzene rings is 1. The number of carbonyl (C=O) groups is 2. The number of hydrogen-bond acceptors (Lipinski definition) is 3. The van der Waals surface area contributed by atoms with Crippen molar-refractivity contribution in [1.29, 1.82) is 0 Å². The summed E-state index contributed by atoms with van der Waals surface area (Å²) in [5.74, 6) is -0.125. The molecule has 0 spiro atoms. The Bertz CT molecular complexity index is 488. The number of nitrogens with zero attached hydrogens (tertiary/aromatic N) is 1. The number of aliphatic carboxylic acids is 1. The second kappa shape index (κ2) is 7.37. The van der Waals surface area contributed by atoms with Gasteiger partial charge in [0.1, 0.15) is 5.75 Å². The zero-order chi connectivity index (χ0) is 15.1. The predicted octanol–water partition coefficient (Wildman–Crippen LogP) is 2.33. The Morgan fingerprint density at radius 1 is 1.40 bits per heavy atom. The first-order valence-electron chi connectivity index (χ1n) is 6.32. The van der Waals surface area contributed by atoms with E-state index in [1.54, 1.807) is 26.3 Å². The number of carboxylic acids is 1. The van der Waals surface area contributed by atoms with Gasteiger partial charge in [-0.15, -0.1) is 0 Å². The van der Waals surface area contributed by atoms with Crippen LogP contribution in [-0.2, 0) is 4.79 Å². The summed E-state index contributed by atoms with van der Waals surface area (Å²) in [4.78, 5) is 23.8. The molecule has 0 aromatic heterocycles. The van der Waals surface area contributed by atoms with Gasteiger partial charge in [-0.05, 0) is 37.1 Å². The molecule has 20 heavy (non-hydrogen) atoms. The minimum atomic E-state index is -0.857. The van der Waals surface area contributed by atoms with Crippen molar-refractivity contribution < 1.29 is 19.4 Å². The van der Waals surface area contributed by atoms with Gasteiger partial charge in [0.25, 0.3) is 0 Å². The molecule has 110 valence electrons. The molecular formula is C14H20N2O4. The molecule has 1 rings (SSSR count). The third-order valence-electron chi connectivity index (χ3n) is 2.91. The van der Waals surface area contributed by atoms with Crippen LogP contribution >= 0.6 is 0 Å².